The fraction of sp³-hybridized carbons (Fsp3) is 0.440. The molecule has 0 saturated heterocycles. The predicted molar refractivity (Wildman–Crippen MR) is 127 cm³/mol. The molecular weight excluding hydrogens is 458 g/mol. The van der Waals surface area contributed by atoms with E-state index in [9.17, 15) is 18.0 Å². The Morgan fingerprint density at radius 3 is 2.21 bits per heavy atom. The van der Waals surface area contributed by atoms with E-state index >= 15 is 0 Å². The van der Waals surface area contributed by atoms with Gasteiger partial charge in [0.1, 0.15) is 11.0 Å². The second kappa shape index (κ2) is 9.38. The van der Waals surface area contributed by atoms with Crippen LogP contribution in [0.2, 0.25) is 0 Å². The van der Waals surface area contributed by atoms with E-state index in [1.54, 1.807) is 45.0 Å². The molecule has 3 rings (SSSR count). The Bertz CT molecular complexity index is 1200. The number of fused-ring (bicyclic) bond motifs is 1. The third-order valence-electron chi connectivity index (χ3n) is 5.75. The van der Waals surface area contributed by atoms with E-state index in [-0.39, 0.29) is 24.3 Å². The summed E-state index contributed by atoms with van der Waals surface area (Å²) in [5.41, 5.74) is -0.499. The molecule has 1 aliphatic rings. The highest BCUT2D eigenvalue weighted by molar-refractivity contribution is 7.89. The van der Waals surface area contributed by atoms with E-state index in [2.05, 4.69) is 4.72 Å². The number of Topliss-reactive ketones (excluding diaryl/α,β-unsaturated/α-hetero) is 1. The van der Waals surface area contributed by atoms with Gasteiger partial charge < -0.3 is 14.2 Å². The summed E-state index contributed by atoms with van der Waals surface area (Å²) < 4.78 is 44.3. The van der Waals surface area contributed by atoms with Crippen LogP contribution in [0.5, 0.6) is 11.5 Å². The molecule has 9 heteroatoms. The van der Waals surface area contributed by atoms with Crippen LogP contribution in [0.4, 0.5) is 0 Å². The van der Waals surface area contributed by atoms with Gasteiger partial charge in [-0.25, -0.2) is 13.1 Å². The maximum atomic E-state index is 13.6. The Balaban J connectivity index is 1.92. The average molecular weight is 490 g/mol. The van der Waals surface area contributed by atoms with Gasteiger partial charge in [-0.15, -0.1) is 0 Å². The highest BCUT2D eigenvalue weighted by Gasteiger charge is 2.53. The first-order valence-corrected chi connectivity index (χ1v) is 12.4. The largest absolute Gasteiger partial charge is 0.493 e. The van der Waals surface area contributed by atoms with Crippen LogP contribution in [0.3, 0.4) is 0 Å². The van der Waals surface area contributed by atoms with Gasteiger partial charge in [0.2, 0.25) is 10.0 Å². The fourth-order valence-corrected chi connectivity index (χ4v) is 5.02. The summed E-state index contributed by atoms with van der Waals surface area (Å²) >= 11 is 0. The van der Waals surface area contributed by atoms with Gasteiger partial charge in [0.25, 0.3) is 0 Å². The van der Waals surface area contributed by atoms with Crippen LogP contribution in [-0.4, -0.2) is 46.5 Å². The van der Waals surface area contributed by atoms with Crippen molar-refractivity contribution < 1.29 is 32.2 Å². The van der Waals surface area contributed by atoms with Crippen LogP contribution >= 0.6 is 0 Å². The molecule has 1 aliphatic carbocycles. The molecule has 8 nitrogen and oxygen atoms in total. The Kier molecular flexibility index (Phi) is 7.10. The Labute approximate surface area is 200 Å². The summed E-state index contributed by atoms with van der Waals surface area (Å²) in [4.78, 5) is 27.1. The van der Waals surface area contributed by atoms with Gasteiger partial charge in [0.15, 0.2) is 17.3 Å². The van der Waals surface area contributed by atoms with Gasteiger partial charge in [-0.1, -0.05) is 17.7 Å². The molecule has 0 heterocycles. The summed E-state index contributed by atoms with van der Waals surface area (Å²) in [6, 6.07) is 9.66. The number of nitrogens with one attached hydrogen (secondary N) is 1. The smallest absolute Gasteiger partial charge is 0.320 e. The number of benzene rings is 2. The molecule has 0 fully saturated rings. The van der Waals surface area contributed by atoms with Crippen molar-refractivity contribution >= 4 is 21.8 Å². The monoisotopic (exact) mass is 489 g/mol. The maximum Gasteiger partial charge on any atom is 0.320 e. The first-order chi connectivity index (χ1) is 15.8. The Morgan fingerprint density at radius 1 is 1.06 bits per heavy atom. The summed E-state index contributed by atoms with van der Waals surface area (Å²) in [5, 5.41) is 0. The predicted octanol–water partition coefficient (Wildman–Crippen LogP) is 3.45. The van der Waals surface area contributed by atoms with E-state index in [0.717, 1.165) is 5.56 Å². The van der Waals surface area contributed by atoms with Crippen LogP contribution in [0.25, 0.3) is 0 Å². The van der Waals surface area contributed by atoms with E-state index < -0.39 is 32.8 Å². The third-order valence-corrected chi connectivity index (χ3v) is 7.22. The van der Waals surface area contributed by atoms with Crippen molar-refractivity contribution in [3.63, 3.8) is 0 Å². The molecule has 184 valence electrons. The molecule has 2 aromatic rings. The molecule has 0 spiro atoms. The summed E-state index contributed by atoms with van der Waals surface area (Å²) in [5.74, 6) is -0.301. The lowest BCUT2D eigenvalue weighted by atomic mass is 9.80. The quantitative estimate of drug-likeness (QED) is 0.447. The molecule has 2 aromatic carbocycles. The zero-order valence-corrected chi connectivity index (χ0v) is 21.2. The maximum absolute atomic E-state index is 13.6. The van der Waals surface area contributed by atoms with Gasteiger partial charge in [-0.2, -0.15) is 0 Å². The van der Waals surface area contributed by atoms with Crippen molar-refractivity contribution in [1.29, 1.82) is 0 Å². The van der Waals surface area contributed by atoms with Crippen LogP contribution < -0.4 is 14.2 Å². The first-order valence-electron chi connectivity index (χ1n) is 10.9. The topological polar surface area (TPSA) is 108 Å². The molecule has 0 aromatic heterocycles. The van der Waals surface area contributed by atoms with Crippen LogP contribution in [0, 0.1) is 12.3 Å². The lowest BCUT2D eigenvalue weighted by Gasteiger charge is -2.30. The second-order valence-electron chi connectivity index (χ2n) is 9.42. The number of rotatable bonds is 8. The average Bonchev–Trinajstić information content (AvgIpc) is 3.03. The van der Waals surface area contributed by atoms with Crippen molar-refractivity contribution in [2.24, 2.45) is 5.41 Å². The molecule has 1 atom stereocenters. The number of carbonyl (C=O) groups is 2. The molecule has 0 radical (unpaired) electrons. The minimum Gasteiger partial charge on any atom is -0.493 e. The van der Waals surface area contributed by atoms with E-state index in [1.165, 1.54) is 26.4 Å². The second-order valence-corrected chi connectivity index (χ2v) is 11.2. The SMILES string of the molecule is COc1cc2c(cc1OC)C(=O)[C@](CCNS(=O)(=O)c1ccc(C)cc1)(C(=O)OC(C)(C)C)C2. The number of esters is 1. The molecule has 34 heavy (non-hydrogen) atoms. The minimum absolute atomic E-state index is 0.0643. The molecular formula is C25H31NO7S. The highest BCUT2D eigenvalue weighted by atomic mass is 32.2. The zero-order valence-electron chi connectivity index (χ0n) is 20.4. The number of carbonyl (C=O) groups excluding carboxylic acids is 2. The number of hydrogen-bond donors (Lipinski definition) is 1. The summed E-state index contributed by atoms with van der Waals surface area (Å²) in [6.45, 7) is 6.90. The zero-order chi connectivity index (χ0) is 25.3. The van der Waals surface area contributed by atoms with Gasteiger partial charge in [0, 0.05) is 12.1 Å². The van der Waals surface area contributed by atoms with Gasteiger partial charge in [-0.3, -0.25) is 9.59 Å². The Hall–Kier alpha value is -2.91. The molecule has 0 bridgehead atoms. The number of methoxy groups -OCH3 is 2. The van der Waals surface area contributed by atoms with Crippen molar-refractivity contribution in [2.75, 3.05) is 20.8 Å². The number of ketones is 1. The van der Waals surface area contributed by atoms with Gasteiger partial charge in [-0.05, 0) is 70.4 Å². The lowest BCUT2D eigenvalue weighted by Crippen LogP contribution is -2.44. The van der Waals surface area contributed by atoms with E-state index in [1.807, 2.05) is 6.92 Å². The van der Waals surface area contributed by atoms with Crippen molar-refractivity contribution in [3.05, 3.63) is 53.1 Å². The van der Waals surface area contributed by atoms with Crippen molar-refractivity contribution in [1.82, 2.24) is 4.72 Å². The Morgan fingerprint density at radius 2 is 1.65 bits per heavy atom. The van der Waals surface area contributed by atoms with Crippen molar-refractivity contribution in [2.45, 2.75) is 51.0 Å². The van der Waals surface area contributed by atoms with E-state index in [4.69, 9.17) is 14.2 Å². The molecule has 0 saturated carbocycles. The van der Waals surface area contributed by atoms with Crippen LogP contribution in [0.1, 0.15) is 48.7 Å². The molecule has 0 unspecified atom stereocenters. The van der Waals surface area contributed by atoms with Crippen molar-refractivity contribution in [3.8, 4) is 11.5 Å². The van der Waals surface area contributed by atoms with Crippen LogP contribution in [-0.2, 0) is 26.0 Å². The molecule has 0 aliphatic heterocycles. The molecule has 0 amide bonds. The first kappa shape index (κ1) is 25.7. The lowest BCUT2D eigenvalue weighted by molar-refractivity contribution is -0.164. The minimum atomic E-state index is -3.82. The van der Waals surface area contributed by atoms with E-state index in [0.29, 0.717) is 22.6 Å². The normalized spacial score (nSPS) is 17.9. The summed E-state index contributed by atoms with van der Waals surface area (Å²) in [6.07, 6.45) is 0.00778. The number of sulfonamides is 1. The molecule has 1 N–H and O–H groups in total. The number of ether oxygens (including phenoxy) is 3. The fourth-order valence-electron chi connectivity index (χ4n) is 3.99. The summed E-state index contributed by atoms with van der Waals surface area (Å²) in [7, 11) is -0.865. The number of hydrogen-bond acceptors (Lipinski definition) is 7. The number of aryl methyl sites for hydroxylation is 1. The highest BCUT2D eigenvalue weighted by Crippen LogP contribution is 2.45. The van der Waals surface area contributed by atoms with Crippen LogP contribution in [0.15, 0.2) is 41.3 Å². The standard InChI is InChI=1S/C25H31NO7S/c1-16-7-9-18(10-8-16)34(29,30)26-12-11-25(23(28)33-24(2,3)4)15-17-13-20(31-5)21(32-6)14-19(17)22(25)27/h7-10,13-14,26H,11-12,15H2,1-6H3/t25-/m1/s1. The third kappa shape index (κ3) is 5.10. The van der Waals surface area contributed by atoms with Gasteiger partial charge >= 0.3 is 5.97 Å². The van der Waals surface area contributed by atoms with Gasteiger partial charge in [0.05, 0.1) is 19.1 Å².